The topological polar surface area (TPSA) is 71.5 Å². The van der Waals surface area contributed by atoms with Gasteiger partial charge in [0.2, 0.25) is 20.0 Å². The lowest BCUT2D eigenvalue weighted by atomic mass is 10.2. The van der Waals surface area contributed by atoms with Crippen LogP contribution in [0.4, 0.5) is 0 Å². The number of rotatable bonds is 5. The molecule has 1 rings (SSSR count). The third-order valence-electron chi connectivity index (χ3n) is 2.17. The highest BCUT2D eigenvalue weighted by atomic mass is 32.3. The molecule has 0 aliphatic heterocycles. The first kappa shape index (κ1) is 14.1. The monoisotopic (exact) mass is 277 g/mol. The van der Waals surface area contributed by atoms with Gasteiger partial charge < -0.3 is 0 Å². The Morgan fingerprint density at radius 2 is 1.41 bits per heavy atom. The van der Waals surface area contributed by atoms with Crippen LogP contribution in [-0.2, 0) is 26.5 Å². The Morgan fingerprint density at radius 1 is 0.941 bits per heavy atom. The van der Waals surface area contributed by atoms with E-state index in [-0.39, 0.29) is 6.54 Å². The molecule has 0 spiro atoms. The van der Waals surface area contributed by atoms with Crippen LogP contribution in [0.3, 0.4) is 0 Å². The first-order chi connectivity index (χ1) is 7.71. The summed E-state index contributed by atoms with van der Waals surface area (Å²) < 4.78 is 45.9. The molecule has 0 aliphatic rings. The summed E-state index contributed by atoms with van der Waals surface area (Å²) >= 11 is 0. The zero-order chi connectivity index (χ0) is 13.1. The maximum atomic E-state index is 11.3. The zero-order valence-corrected chi connectivity index (χ0v) is 11.3. The van der Waals surface area contributed by atoms with Crippen molar-refractivity contribution in [3.05, 3.63) is 35.9 Å². The van der Waals surface area contributed by atoms with Gasteiger partial charge in [0.25, 0.3) is 0 Å². The molecule has 0 radical (unpaired) electrons. The van der Waals surface area contributed by atoms with Gasteiger partial charge in [0.15, 0.2) is 0 Å². The first-order valence-electron chi connectivity index (χ1n) is 4.93. The lowest BCUT2D eigenvalue weighted by Gasteiger charge is -2.17. The van der Waals surface area contributed by atoms with E-state index in [1.807, 2.05) is 30.3 Å². The fraction of sp³-hybridized carbons (Fsp3) is 0.400. The molecule has 0 bridgehead atoms. The van der Waals surface area contributed by atoms with Crippen LogP contribution >= 0.6 is 0 Å². The Bertz CT molecular complexity index is 532. The Hall–Kier alpha value is -0.920. The van der Waals surface area contributed by atoms with Gasteiger partial charge >= 0.3 is 0 Å². The van der Waals surface area contributed by atoms with Crippen molar-refractivity contribution in [2.24, 2.45) is 0 Å². The maximum absolute atomic E-state index is 11.3. The molecular formula is C10H15NO4S2. The highest BCUT2D eigenvalue weighted by Gasteiger charge is 2.26. The van der Waals surface area contributed by atoms with Crippen LogP contribution in [0.1, 0.15) is 5.56 Å². The van der Waals surface area contributed by atoms with Gasteiger partial charge in [-0.05, 0) is 12.0 Å². The van der Waals surface area contributed by atoms with Gasteiger partial charge in [-0.25, -0.2) is 16.8 Å². The number of benzene rings is 1. The molecule has 0 aliphatic carbocycles. The summed E-state index contributed by atoms with van der Waals surface area (Å²) in [6, 6.07) is 9.13. The number of sulfonamides is 2. The van der Waals surface area contributed by atoms with Crippen molar-refractivity contribution in [1.82, 2.24) is 3.71 Å². The number of hydrogen-bond donors (Lipinski definition) is 0. The highest BCUT2D eigenvalue weighted by Crippen LogP contribution is 2.08. The molecule has 1 aromatic rings. The molecule has 0 atom stereocenters. The molecule has 0 heterocycles. The predicted octanol–water partition coefficient (Wildman–Crippen LogP) is 0.450. The lowest BCUT2D eigenvalue weighted by molar-refractivity contribution is 0.506. The van der Waals surface area contributed by atoms with Crippen LogP contribution in [0, 0.1) is 0 Å². The molecule has 17 heavy (non-hydrogen) atoms. The number of hydrogen-bond acceptors (Lipinski definition) is 4. The first-order valence-corrected chi connectivity index (χ1v) is 8.63. The molecule has 5 nitrogen and oxygen atoms in total. The quantitative estimate of drug-likeness (QED) is 0.783. The Labute approximate surface area is 102 Å². The molecule has 0 saturated heterocycles. The van der Waals surface area contributed by atoms with Gasteiger partial charge in [-0.3, -0.25) is 0 Å². The van der Waals surface area contributed by atoms with Gasteiger partial charge in [0.05, 0.1) is 12.5 Å². The lowest BCUT2D eigenvalue weighted by Crippen LogP contribution is -2.36. The van der Waals surface area contributed by atoms with Crippen molar-refractivity contribution in [3.63, 3.8) is 0 Å². The molecular weight excluding hydrogens is 262 g/mol. The molecule has 0 N–H and O–H groups in total. The van der Waals surface area contributed by atoms with Crippen LogP contribution in [0.25, 0.3) is 0 Å². The van der Waals surface area contributed by atoms with Gasteiger partial charge in [-0.15, -0.1) is 0 Å². The Kier molecular flexibility index (Phi) is 4.29. The SMILES string of the molecule is CS(=O)(=O)N(CCc1ccccc1)S(C)(=O)=O. The number of nitrogens with zero attached hydrogens (tertiary/aromatic N) is 1. The zero-order valence-electron chi connectivity index (χ0n) is 9.70. The second kappa shape index (κ2) is 5.16. The van der Waals surface area contributed by atoms with E-state index in [2.05, 4.69) is 0 Å². The van der Waals surface area contributed by atoms with Crippen molar-refractivity contribution < 1.29 is 16.8 Å². The molecule has 7 heteroatoms. The summed E-state index contributed by atoms with van der Waals surface area (Å²) in [6.45, 7) is -0.0678. The van der Waals surface area contributed by atoms with Crippen molar-refractivity contribution in [3.8, 4) is 0 Å². The van der Waals surface area contributed by atoms with E-state index < -0.39 is 20.0 Å². The summed E-state index contributed by atoms with van der Waals surface area (Å²) in [7, 11) is -7.49. The predicted molar refractivity (Wildman–Crippen MR) is 66.5 cm³/mol. The van der Waals surface area contributed by atoms with E-state index in [9.17, 15) is 16.8 Å². The Balaban J connectivity index is 2.84. The fourth-order valence-electron chi connectivity index (χ4n) is 1.44. The normalized spacial score (nSPS) is 12.9. The Morgan fingerprint density at radius 3 is 1.82 bits per heavy atom. The van der Waals surface area contributed by atoms with Gasteiger partial charge in [0, 0.05) is 6.54 Å². The summed E-state index contributed by atoms with van der Waals surface area (Å²) in [4.78, 5) is 0. The highest BCUT2D eigenvalue weighted by molar-refractivity contribution is 8.03. The standard InChI is InChI=1S/C10H15NO4S2/c1-16(12,13)11(17(2,14)15)9-8-10-6-4-3-5-7-10/h3-7H,8-9H2,1-2H3. The van der Waals surface area contributed by atoms with Crippen LogP contribution in [-0.4, -0.2) is 39.6 Å². The molecule has 0 amide bonds. The second-order valence-electron chi connectivity index (χ2n) is 3.76. The summed E-state index contributed by atoms with van der Waals surface area (Å²) in [6.07, 6.45) is 2.14. The molecule has 1 aromatic carbocycles. The van der Waals surface area contributed by atoms with Gasteiger partial charge in [0.1, 0.15) is 0 Å². The summed E-state index contributed by atoms with van der Waals surface area (Å²) in [5.41, 5.74) is 0.893. The van der Waals surface area contributed by atoms with Crippen molar-refractivity contribution in [2.75, 3.05) is 19.1 Å². The van der Waals surface area contributed by atoms with Gasteiger partial charge in [-0.1, -0.05) is 34.0 Å². The fourth-order valence-corrected chi connectivity index (χ4v) is 4.26. The summed E-state index contributed by atoms with van der Waals surface area (Å²) in [5, 5.41) is 0. The van der Waals surface area contributed by atoms with E-state index in [4.69, 9.17) is 0 Å². The summed E-state index contributed by atoms with van der Waals surface area (Å²) in [5.74, 6) is 0. The molecule has 0 fully saturated rings. The van der Waals surface area contributed by atoms with Crippen LogP contribution < -0.4 is 0 Å². The second-order valence-corrected chi connectivity index (χ2v) is 7.80. The minimum atomic E-state index is -3.75. The average molecular weight is 277 g/mol. The van der Waals surface area contributed by atoms with E-state index in [1.165, 1.54) is 0 Å². The van der Waals surface area contributed by atoms with Crippen molar-refractivity contribution in [2.45, 2.75) is 6.42 Å². The third-order valence-corrected chi connectivity index (χ3v) is 5.64. The van der Waals surface area contributed by atoms with Crippen LogP contribution in [0.5, 0.6) is 0 Å². The van der Waals surface area contributed by atoms with E-state index in [1.54, 1.807) is 0 Å². The van der Waals surface area contributed by atoms with Crippen molar-refractivity contribution in [1.29, 1.82) is 0 Å². The minimum absolute atomic E-state index is 0.0678. The third kappa shape index (κ3) is 4.45. The smallest absolute Gasteiger partial charge is 0.212 e. The van der Waals surface area contributed by atoms with Gasteiger partial charge in [-0.2, -0.15) is 0 Å². The molecule has 96 valence electrons. The molecule has 0 unspecified atom stereocenters. The van der Waals surface area contributed by atoms with Crippen LogP contribution in [0.2, 0.25) is 0 Å². The molecule has 0 saturated carbocycles. The largest absolute Gasteiger partial charge is 0.224 e. The maximum Gasteiger partial charge on any atom is 0.224 e. The van der Waals surface area contributed by atoms with E-state index in [0.717, 1.165) is 18.1 Å². The van der Waals surface area contributed by atoms with Crippen molar-refractivity contribution >= 4 is 20.0 Å². The van der Waals surface area contributed by atoms with E-state index >= 15 is 0 Å². The minimum Gasteiger partial charge on any atom is -0.212 e. The van der Waals surface area contributed by atoms with Crippen LogP contribution in [0.15, 0.2) is 30.3 Å². The van der Waals surface area contributed by atoms with E-state index in [0.29, 0.717) is 10.1 Å². The molecule has 0 aromatic heterocycles. The average Bonchev–Trinajstić information content (AvgIpc) is 2.15.